The topological polar surface area (TPSA) is 34.2 Å². The van der Waals surface area contributed by atoms with Crippen LogP contribution >= 0.6 is 0 Å². The van der Waals surface area contributed by atoms with Gasteiger partial charge >= 0.3 is 0 Å². The van der Waals surface area contributed by atoms with Crippen LogP contribution in [0.3, 0.4) is 0 Å². The Balaban J connectivity index is 2.22. The minimum absolute atomic E-state index is 0.671. The smallest absolute Gasteiger partial charge is 0.222 e. The minimum atomic E-state index is 0.671. The largest absolute Gasteiger partial charge is 0.438 e. The SMILES string of the molecule is CNCc1cnc(Oc2ccccc2C)c(C)c1. The molecule has 2 rings (SSSR count). The van der Waals surface area contributed by atoms with E-state index in [1.54, 1.807) is 0 Å². The molecule has 0 atom stereocenters. The molecule has 94 valence electrons. The van der Waals surface area contributed by atoms with Gasteiger partial charge in [-0.1, -0.05) is 18.2 Å². The van der Waals surface area contributed by atoms with Crippen molar-refractivity contribution in [3.63, 3.8) is 0 Å². The molecule has 18 heavy (non-hydrogen) atoms. The normalized spacial score (nSPS) is 10.4. The number of hydrogen-bond donors (Lipinski definition) is 1. The van der Waals surface area contributed by atoms with E-state index >= 15 is 0 Å². The minimum Gasteiger partial charge on any atom is -0.438 e. The van der Waals surface area contributed by atoms with Crippen molar-refractivity contribution in [3.8, 4) is 11.6 Å². The summed E-state index contributed by atoms with van der Waals surface area (Å²) in [6.07, 6.45) is 1.84. The summed E-state index contributed by atoms with van der Waals surface area (Å²) in [4.78, 5) is 4.37. The summed E-state index contributed by atoms with van der Waals surface area (Å²) >= 11 is 0. The molecule has 0 aliphatic heterocycles. The van der Waals surface area contributed by atoms with Crippen LogP contribution in [0.25, 0.3) is 0 Å². The molecule has 1 aromatic carbocycles. The molecule has 0 amide bonds. The monoisotopic (exact) mass is 242 g/mol. The van der Waals surface area contributed by atoms with E-state index in [2.05, 4.69) is 16.4 Å². The zero-order chi connectivity index (χ0) is 13.0. The Morgan fingerprint density at radius 2 is 1.94 bits per heavy atom. The molecule has 1 heterocycles. The lowest BCUT2D eigenvalue weighted by Crippen LogP contribution is -2.06. The summed E-state index contributed by atoms with van der Waals surface area (Å²) < 4.78 is 5.84. The number of hydrogen-bond acceptors (Lipinski definition) is 3. The number of ether oxygens (including phenoxy) is 1. The second kappa shape index (κ2) is 5.65. The highest BCUT2D eigenvalue weighted by Gasteiger charge is 2.05. The van der Waals surface area contributed by atoms with Gasteiger partial charge in [-0.05, 0) is 44.2 Å². The van der Waals surface area contributed by atoms with Crippen LogP contribution < -0.4 is 10.1 Å². The van der Waals surface area contributed by atoms with Gasteiger partial charge in [0.05, 0.1) is 0 Å². The first-order chi connectivity index (χ1) is 8.70. The molecule has 0 aliphatic carbocycles. The molecule has 0 saturated heterocycles. The molecule has 0 aliphatic rings. The number of para-hydroxylation sites is 1. The van der Waals surface area contributed by atoms with Gasteiger partial charge in [0.15, 0.2) is 0 Å². The van der Waals surface area contributed by atoms with Crippen molar-refractivity contribution >= 4 is 0 Å². The van der Waals surface area contributed by atoms with Gasteiger partial charge in [0.25, 0.3) is 0 Å². The molecule has 0 spiro atoms. The fraction of sp³-hybridized carbons (Fsp3) is 0.267. The fourth-order valence-corrected chi connectivity index (χ4v) is 1.80. The Bertz CT molecular complexity index is 538. The quantitative estimate of drug-likeness (QED) is 0.894. The van der Waals surface area contributed by atoms with Crippen molar-refractivity contribution in [3.05, 3.63) is 53.2 Å². The highest BCUT2D eigenvalue weighted by molar-refractivity contribution is 5.37. The number of nitrogens with zero attached hydrogens (tertiary/aromatic N) is 1. The molecule has 3 heteroatoms. The molecular formula is C15H18N2O. The number of pyridine rings is 1. The Kier molecular flexibility index (Phi) is 3.95. The van der Waals surface area contributed by atoms with Crippen molar-refractivity contribution in [2.24, 2.45) is 0 Å². The Morgan fingerprint density at radius 3 is 2.61 bits per heavy atom. The van der Waals surface area contributed by atoms with E-state index in [0.29, 0.717) is 5.88 Å². The van der Waals surface area contributed by atoms with Crippen LogP contribution in [0.15, 0.2) is 36.5 Å². The Hall–Kier alpha value is -1.87. The molecule has 2 aromatic rings. The summed E-state index contributed by atoms with van der Waals surface area (Å²) in [5, 5.41) is 3.11. The van der Waals surface area contributed by atoms with Crippen LogP contribution in [0.1, 0.15) is 16.7 Å². The summed E-state index contributed by atoms with van der Waals surface area (Å²) in [7, 11) is 1.92. The van der Waals surface area contributed by atoms with Crippen LogP contribution in [0.2, 0.25) is 0 Å². The average molecular weight is 242 g/mol. The number of aryl methyl sites for hydroxylation is 2. The highest BCUT2D eigenvalue weighted by Crippen LogP contribution is 2.25. The molecule has 0 radical (unpaired) electrons. The van der Waals surface area contributed by atoms with Crippen molar-refractivity contribution in [1.82, 2.24) is 10.3 Å². The number of rotatable bonds is 4. The predicted octanol–water partition coefficient (Wildman–Crippen LogP) is 3.21. The highest BCUT2D eigenvalue weighted by atomic mass is 16.5. The first kappa shape index (κ1) is 12.6. The maximum atomic E-state index is 5.84. The van der Waals surface area contributed by atoms with Crippen LogP contribution in [-0.4, -0.2) is 12.0 Å². The second-order valence-electron chi connectivity index (χ2n) is 4.36. The van der Waals surface area contributed by atoms with E-state index in [1.807, 2.05) is 51.4 Å². The van der Waals surface area contributed by atoms with Crippen molar-refractivity contribution in [2.45, 2.75) is 20.4 Å². The van der Waals surface area contributed by atoms with Crippen molar-refractivity contribution in [1.29, 1.82) is 0 Å². The van der Waals surface area contributed by atoms with Gasteiger partial charge in [-0.25, -0.2) is 4.98 Å². The van der Waals surface area contributed by atoms with Crippen molar-refractivity contribution in [2.75, 3.05) is 7.05 Å². The van der Waals surface area contributed by atoms with E-state index < -0.39 is 0 Å². The Labute approximate surface area is 108 Å². The lowest BCUT2D eigenvalue weighted by Gasteiger charge is -2.10. The number of aromatic nitrogens is 1. The molecule has 0 unspecified atom stereocenters. The van der Waals surface area contributed by atoms with Crippen LogP contribution in [0.5, 0.6) is 11.6 Å². The molecule has 0 fully saturated rings. The maximum absolute atomic E-state index is 5.84. The zero-order valence-electron chi connectivity index (χ0n) is 11.0. The van der Waals surface area contributed by atoms with E-state index in [-0.39, 0.29) is 0 Å². The van der Waals surface area contributed by atoms with E-state index in [9.17, 15) is 0 Å². The van der Waals surface area contributed by atoms with Gasteiger partial charge in [-0.3, -0.25) is 0 Å². The molecule has 1 aromatic heterocycles. The van der Waals surface area contributed by atoms with Gasteiger partial charge < -0.3 is 10.1 Å². The average Bonchev–Trinajstić information content (AvgIpc) is 2.35. The number of benzene rings is 1. The van der Waals surface area contributed by atoms with Crippen LogP contribution in [-0.2, 0) is 6.54 Å². The van der Waals surface area contributed by atoms with Crippen LogP contribution in [0.4, 0.5) is 0 Å². The summed E-state index contributed by atoms with van der Waals surface area (Å²) in [5.41, 5.74) is 3.32. The van der Waals surface area contributed by atoms with Crippen LogP contribution in [0, 0.1) is 13.8 Å². The first-order valence-electron chi connectivity index (χ1n) is 6.04. The van der Waals surface area contributed by atoms with Crippen molar-refractivity contribution < 1.29 is 4.74 Å². The molecule has 3 nitrogen and oxygen atoms in total. The molecule has 0 saturated carbocycles. The summed E-state index contributed by atoms with van der Waals surface area (Å²) in [6, 6.07) is 10.0. The maximum Gasteiger partial charge on any atom is 0.222 e. The zero-order valence-corrected chi connectivity index (χ0v) is 11.0. The van der Waals surface area contributed by atoms with Gasteiger partial charge in [0.1, 0.15) is 5.75 Å². The fourth-order valence-electron chi connectivity index (χ4n) is 1.80. The van der Waals surface area contributed by atoms with Gasteiger partial charge in [-0.15, -0.1) is 0 Å². The lowest BCUT2D eigenvalue weighted by molar-refractivity contribution is 0.455. The third kappa shape index (κ3) is 2.87. The second-order valence-corrected chi connectivity index (χ2v) is 4.36. The number of nitrogens with one attached hydrogen (secondary N) is 1. The predicted molar refractivity (Wildman–Crippen MR) is 73.0 cm³/mol. The third-order valence-electron chi connectivity index (χ3n) is 2.77. The summed E-state index contributed by atoms with van der Waals surface area (Å²) in [5.74, 6) is 1.53. The lowest BCUT2D eigenvalue weighted by atomic mass is 10.2. The summed E-state index contributed by atoms with van der Waals surface area (Å²) in [6.45, 7) is 4.86. The molecule has 1 N–H and O–H groups in total. The molecule has 0 bridgehead atoms. The third-order valence-corrected chi connectivity index (χ3v) is 2.77. The van der Waals surface area contributed by atoms with E-state index in [4.69, 9.17) is 4.74 Å². The van der Waals surface area contributed by atoms with Gasteiger partial charge in [0.2, 0.25) is 5.88 Å². The van der Waals surface area contributed by atoms with Gasteiger partial charge in [-0.2, -0.15) is 0 Å². The molecular weight excluding hydrogens is 224 g/mol. The first-order valence-corrected chi connectivity index (χ1v) is 6.04. The van der Waals surface area contributed by atoms with E-state index in [0.717, 1.165) is 29.0 Å². The Morgan fingerprint density at radius 1 is 1.17 bits per heavy atom. The standard InChI is InChI=1S/C15H18N2O/c1-11-6-4-5-7-14(11)18-15-12(2)8-13(9-16-3)10-17-15/h4-8,10,16H,9H2,1-3H3. The van der Waals surface area contributed by atoms with E-state index in [1.165, 1.54) is 0 Å². The van der Waals surface area contributed by atoms with Gasteiger partial charge in [0, 0.05) is 18.3 Å².